The van der Waals surface area contributed by atoms with Crippen molar-refractivity contribution in [2.45, 2.75) is 19.8 Å². The van der Waals surface area contributed by atoms with Crippen LogP contribution in [0.1, 0.15) is 16.9 Å². The molecule has 0 radical (unpaired) electrons. The Kier molecular flexibility index (Phi) is 4.18. The first-order valence-corrected chi connectivity index (χ1v) is 10.5. The van der Waals surface area contributed by atoms with Crippen LogP contribution in [-0.2, 0) is 6.42 Å². The quantitative estimate of drug-likeness (QED) is 0.540. The van der Waals surface area contributed by atoms with Gasteiger partial charge in [-0.3, -0.25) is 0 Å². The normalized spacial score (nSPS) is 20.3. The van der Waals surface area contributed by atoms with Crippen molar-refractivity contribution in [3.05, 3.63) is 117 Å². The number of aryl methyl sites for hydroxylation is 1. The molecule has 3 aliphatic rings. The van der Waals surface area contributed by atoms with E-state index in [2.05, 4.69) is 91.2 Å². The molecule has 0 nitrogen and oxygen atoms in total. The van der Waals surface area contributed by atoms with Crippen LogP contribution < -0.4 is 0 Å². The second kappa shape index (κ2) is 6.83. The van der Waals surface area contributed by atoms with Gasteiger partial charge in [0.25, 0.3) is 0 Å². The Hall–Kier alpha value is -2.64. The largest absolute Gasteiger partial charge is 0.149 e. The molecule has 1 atom stereocenters. The lowest BCUT2D eigenvalue weighted by molar-refractivity contribution is 0.909. The standard InChI is InChI=1S/C26H22S/c1-18-14-23(17-27-18)21-9-4-6-19(15-21)16-22-10-5-11-26-24(12-13-25(22)26)20-7-2-3-8-20/h2,4-15,17,26H,3,16H2,1H3. The highest BCUT2D eigenvalue weighted by Crippen LogP contribution is 2.41. The fourth-order valence-corrected chi connectivity index (χ4v) is 4.94. The van der Waals surface area contributed by atoms with Crippen molar-refractivity contribution >= 4 is 11.3 Å². The van der Waals surface area contributed by atoms with E-state index < -0.39 is 0 Å². The number of benzene rings is 1. The average Bonchev–Trinajstić information content (AvgIpc) is 3.42. The smallest absolute Gasteiger partial charge is 0.0281 e. The van der Waals surface area contributed by atoms with Crippen molar-refractivity contribution in [2.75, 3.05) is 0 Å². The van der Waals surface area contributed by atoms with Crippen LogP contribution in [0.3, 0.4) is 0 Å². The summed E-state index contributed by atoms with van der Waals surface area (Å²) in [5, 5.41) is 2.26. The van der Waals surface area contributed by atoms with E-state index in [9.17, 15) is 0 Å². The molecular weight excluding hydrogens is 344 g/mol. The van der Waals surface area contributed by atoms with Crippen molar-refractivity contribution in [1.29, 1.82) is 0 Å². The van der Waals surface area contributed by atoms with Crippen LogP contribution in [0, 0.1) is 12.8 Å². The van der Waals surface area contributed by atoms with Crippen LogP contribution in [0.25, 0.3) is 11.1 Å². The summed E-state index contributed by atoms with van der Waals surface area (Å²) in [7, 11) is 0. The maximum absolute atomic E-state index is 2.35. The van der Waals surface area contributed by atoms with Gasteiger partial charge < -0.3 is 0 Å². The Bertz CT molecular complexity index is 1080. The molecule has 0 amide bonds. The maximum atomic E-state index is 2.35. The van der Waals surface area contributed by atoms with E-state index in [1.165, 1.54) is 43.9 Å². The molecule has 0 spiro atoms. The average molecular weight is 367 g/mol. The van der Waals surface area contributed by atoms with Crippen LogP contribution in [0.5, 0.6) is 0 Å². The first-order valence-electron chi connectivity index (χ1n) is 9.59. The van der Waals surface area contributed by atoms with Gasteiger partial charge >= 0.3 is 0 Å². The minimum absolute atomic E-state index is 0.418. The van der Waals surface area contributed by atoms with Crippen LogP contribution in [-0.4, -0.2) is 0 Å². The van der Waals surface area contributed by atoms with Crippen molar-refractivity contribution in [3.8, 4) is 11.1 Å². The summed E-state index contributed by atoms with van der Waals surface area (Å²) in [5.74, 6) is 0.418. The van der Waals surface area contributed by atoms with Crippen molar-refractivity contribution in [1.82, 2.24) is 0 Å². The van der Waals surface area contributed by atoms with Crippen molar-refractivity contribution in [3.63, 3.8) is 0 Å². The fourth-order valence-electron chi connectivity index (χ4n) is 4.23. The Morgan fingerprint density at radius 3 is 2.78 bits per heavy atom. The van der Waals surface area contributed by atoms with E-state index >= 15 is 0 Å². The summed E-state index contributed by atoms with van der Waals surface area (Å²) >= 11 is 1.82. The summed E-state index contributed by atoms with van der Waals surface area (Å²) in [6.07, 6.45) is 20.4. The molecular formula is C26H22S. The molecule has 5 rings (SSSR count). The van der Waals surface area contributed by atoms with Gasteiger partial charge in [-0.1, -0.05) is 72.9 Å². The topological polar surface area (TPSA) is 0 Å². The first-order chi connectivity index (χ1) is 13.3. The Labute approximate surface area is 165 Å². The first kappa shape index (κ1) is 16.5. The molecule has 1 aromatic heterocycles. The predicted octanol–water partition coefficient (Wildman–Crippen LogP) is 7.13. The lowest BCUT2D eigenvalue weighted by atomic mass is 9.82. The molecule has 27 heavy (non-hydrogen) atoms. The van der Waals surface area contributed by atoms with Crippen molar-refractivity contribution < 1.29 is 0 Å². The van der Waals surface area contributed by atoms with Crippen LogP contribution in [0.15, 0.2) is 107 Å². The monoisotopic (exact) mass is 366 g/mol. The number of rotatable bonds is 4. The highest BCUT2D eigenvalue weighted by Gasteiger charge is 2.26. The lowest BCUT2D eigenvalue weighted by Gasteiger charge is -2.22. The zero-order chi connectivity index (χ0) is 18.2. The van der Waals surface area contributed by atoms with E-state index in [4.69, 9.17) is 0 Å². The van der Waals surface area contributed by atoms with E-state index in [0.29, 0.717) is 5.92 Å². The Morgan fingerprint density at radius 2 is 1.96 bits per heavy atom. The number of fused-ring (bicyclic) bond motifs is 1. The molecule has 0 aliphatic heterocycles. The van der Waals surface area contributed by atoms with Gasteiger partial charge in [-0.15, -0.1) is 11.3 Å². The van der Waals surface area contributed by atoms with Crippen LogP contribution >= 0.6 is 11.3 Å². The number of hydrogen-bond donors (Lipinski definition) is 0. The molecule has 1 heterocycles. The highest BCUT2D eigenvalue weighted by atomic mass is 32.1. The molecule has 132 valence electrons. The third-order valence-corrected chi connectivity index (χ3v) is 6.44. The van der Waals surface area contributed by atoms with Gasteiger partial charge in [0.1, 0.15) is 0 Å². The van der Waals surface area contributed by atoms with Gasteiger partial charge in [-0.25, -0.2) is 0 Å². The Balaban J connectivity index is 1.38. The molecule has 0 fully saturated rings. The van der Waals surface area contributed by atoms with Gasteiger partial charge in [-0.2, -0.15) is 0 Å². The molecule has 1 unspecified atom stereocenters. The molecule has 2 aromatic rings. The van der Waals surface area contributed by atoms with Gasteiger partial charge in [0.15, 0.2) is 0 Å². The molecule has 1 aromatic carbocycles. The van der Waals surface area contributed by atoms with E-state index in [1.807, 2.05) is 11.3 Å². The number of thiophene rings is 1. The molecule has 1 heteroatoms. The molecule has 0 N–H and O–H groups in total. The maximum Gasteiger partial charge on any atom is 0.0281 e. The molecule has 0 saturated carbocycles. The SMILES string of the molecule is Cc1cc(-c2cccc(CC3=CC=CC4C(C5=CCC=C5)=CC=C34)c2)cs1. The molecule has 3 aliphatic carbocycles. The summed E-state index contributed by atoms with van der Waals surface area (Å²) < 4.78 is 0. The lowest BCUT2D eigenvalue weighted by Crippen LogP contribution is -2.09. The summed E-state index contributed by atoms with van der Waals surface area (Å²) in [6, 6.07) is 11.3. The third kappa shape index (κ3) is 3.13. The summed E-state index contributed by atoms with van der Waals surface area (Å²) in [4.78, 5) is 1.36. The molecule has 0 saturated heterocycles. The molecule has 0 bridgehead atoms. The minimum atomic E-state index is 0.418. The fraction of sp³-hybridized carbons (Fsp3) is 0.154. The summed E-state index contributed by atoms with van der Waals surface area (Å²) in [5.41, 5.74) is 9.78. The van der Waals surface area contributed by atoms with Gasteiger partial charge in [0.2, 0.25) is 0 Å². The van der Waals surface area contributed by atoms with Crippen molar-refractivity contribution in [2.24, 2.45) is 5.92 Å². The number of allylic oxidation sites excluding steroid dienone is 12. The second-order valence-corrected chi connectivity index (χ2v) is 8.53. The van der Waals surface area contributed by atoms with Gasteiger partial charge in [0, 0.05) is 10.8 Å². The summed E-state index contributed by atoms with van der Waals surface area (Å²) in [6.45, 7) is 2.17. The van der Waals surface area contributed by atoms with Gasteiger partial charge in [0.05, 0.1) is 0 Å². The number of hydrogen-bond acceptors (Lipinski definition) is 1. The third-order valence-electron chi connectivity index (χ3n) is 5.57. The van der Waals surface area contributed by atoms with Crippen LogP contribution in [0.2, 0.25) is 0 Å². The second-order valence-electron chi connectivity index (χ2n) is 7.42. The predicted molar refractivity (Wildman–Crippen MR) is 117 cm³/mol. The van der Waals surface area contributed by atoms with E-state index in [1.54, 1.807) is 0 Å². The zero-order valence-electron chi connectivity index (χ0n) is 15.5. The highest BCUT2D eigenvalue weighted by molar-refractivity contribution is 7.10. The Morgan fingerprint density at radius 1 is 1.04 bits per heavy atom. The van der Waals surface area contributed by atoms with Crippen LogP contribution in [0.4, 0.5) is 0 Å². The van der Waals surface area contributed by atoms with E-state index in [-0.39, 0.29) is 0 Å². The zero-order valence-corrected chi connectivity index (χ0v) is 16.3. The minimum Gasteiger partial charge on any atom is -0.149 e. The van der Waals surface area contributed by atoms with Gasteiger partial charge in [-0.05, 0) is 70.2 Å². The van der Waals surface area contributed by atoms with E-state index in [0.717, 1.165) is 12.8 Å².